The molecule has 1 aromatic rings. The molecule has 0 aliphatic heterocycles. The molecule has 1 fully saturated rings. The Morgan fingerprint density at radius 3 is 2.79 bits per heavy atom. The van der Waals surface area contributed by atoms with Gasteiger partial charge in [-0.05, 0) is 43.9 Å². The highest BCUT2D eigenvalue weighted by molar-refractivity contribution is 5.95. The van der Waals surface area contributed by atoms with Gasteiger partial charge >= 0.3 is 0 Å². The summed E-state index contributed by atoms with van der Waals surface area (Å²) in [4.78, 5) is 11.7. The Labute approximate surface area is 114 Å². The Kier molecular flexibility index (Phi) is 4.66. The molecule has 104 valence electrons. The van der Waals surface area contributed by atoms with E-state index in [1.807, 2.05) is 6.92 Å². The minimum atomic E-state index is -0.100. The fraction of sp³-hybridized carbons (Fsp3) is 0.533. The van der Waals surface area contributed by atoms with Gasteiger partial charge < -0.3 is 15.8 Å². The molecule has 3 N–H and O–H groups in total. The van der Waals surface area contributed by atoms with Gasteiger partial charge in [-0.1, -0.05) is 12.8 Å². The number of nitrogens with two attached hydrogens (primary N) is 1. The first-order valence-corrected chi connectivity index (χ1v) is 7.01. The number of nitrogen functional groups attached to an aromatic ring is 1. The summed E-state index contributed by atoms with van der Waals surface area (Å²) < 4.78 is 5.76. The first-order chi connectivity index (χ1) is 9.20. The lowest BCUT2D eigenvalue weighted by Crippen LogP contribution is -2.22. The van der Waals surface area contributed by atoms with Gasteiger partial charge in [0.05, 0.1) is 12.3 Å². The van der Waals surface area contributed by atoms with Crippen molar-refractivity contribution in [3.63, 3.8) is 0 Å². The summed E-state index contributed by atoms with van der Waals surface area (Å²) in [5.74, 6) is 1.24. The Bertz CT molecular complexity index is 440. The Hall–Kier alpha value is -1.71. The quantitative estimate of drug-likeness (QED) is 0.802. The van der Waals surface area contributed by atoms with Crippen LogP contribution in [0.5, 0.6) is 5.75 Å². The van der Waals surface area contributed by atoms with Gasteiger partial charge in [0.25, 0.3) is 5.91 Å². The minimum Gasteiger partial charge on any atom is -0.491 e. The molecule has 0 atom stereocenters. The lowest BCUT2D eigenvalue weighted by Gasteiger charge is -2.13. The summed E-state index contributed by atoms with van der Waals surface area (Å²) in [5.41, 5.74) is 7.04. The third kappa shape index (κ3) is 3.63. The molecule has 1 aromatic carbocycles. The summed E-state index contributed by atoms with van der Waals surface area (Å²) in [5, 5.41) is 2.75. The van der Waals surface area contributed by atoms with Crippen molar-refractivity contribution in [1.29, 1.82) is 0 Å². The molecule has 0 spiro atoms. The number of carbonyl (C=O) groups excluding carboxylic acids is 1. The van der Waals surface area contributed by atoms with E-state index in [0.717, 1.165) is 6.61 Å². The van der Waals surface area contributed by atoms with Crippen LogP contribution >= 0.6 is 0 Å². The van der Waals surface area contributed by atoms with E-state index < -0.39 is 0 Å². The van der Waals surface area contributed by atoms with Gasteiger partial charge in [0.2, 0.25) is 0 Å². The van der Waals surface area contributed by atoms with Crippen molar-refractivity contribution < 1.29 is 9.53 Å². The lowest BCUT2D eigenvalue weighted by atomic mass is 10.1. The van der Waals surface area contributed by atoms with E-state index in [4.69, 9.17) is 10.5 Å². The zero-order chi connectivity index (χ0) is 13.7. The Morgan fingerprint density at radius 2 is 2.16 bits per heavy atom. The van der Waals surface area contributed by atoms with Crippen LogP contribution in [-0.2, 0) is 0 Å². The van der Waals surface area contributed by atoms with Gasteiger partial charge in [-0.3, -0.25) is 4.79 Å². The average Bonchev–Trinajstić information content (AvgIpc) is 2.90. The second-order valence-electron chi connectivity index (χ2n) is 5.07. The molecular weight excluding hydrogens is 240 g/mol. The number of ether oxygens (including phenoxy) is 1. The molecule has 1 amide bonds. The van der Waals surface area contributed by atoms with Crippen LogP contribution in [0.25, 0.3) is 0 Å². The molecule has 2 rings (SSSR count). The fourth-order valence-electron chi connectivity index (χ4n) is 2.47. The van der Waals surface area contributed by atoms with E-state index in [1.54, 1.807) is 18.2 Å². The number of rotatable bonds is 5. The molecule has 0 aromatic heterocycles. The van der Waals surface area contributed by atoms with Crippen molar-refractivity contribution in [2.24, 2.45) is 5.92 Å². The van der Waals surface area contributed by atoms with Gasteiger partial charge in [0.1, 0.15) is 5.75 Å². The van der Waals surface area contributed by atoms with Gasteiger partial charge in [-0.2, -0.15) is 0 Å². The Morgan fingerprint density at radius 1 is 1.42 bits per heavy atom. The van der Waals surface area contributed by atoms with Crippen molar-refractivity contribution in [2.75, 3.05) is 18.9 Å². The molecule has 1 saturated carbocycles. The third-order valence-electron chi connectivity index (χ3n) is 3.56. The van der Waals surface area contributed by atoms with Crippen LogP contribution in [-0.4, -0.2) is 19.1 Å². The number of benzene rings is 1. The molecule has 0 saturated heterocycles. The molecule has 0 unspecified atom stereocenters. The smallest absolute Gasteiger partial charge is 0.251 e. The van der Waals surface area contributed by atoms with E-state index in [9.17, 15) is 4.79 Å². The summed E-state index contributed by atoms with van der Waals surface area (Å²) in [6.07, 6.45) is 5.10. The third-order valence-corrected chi connectivity index (χ3v) is 3.56. The molecule has 0 radical (unpaired) electrons. The standard InChI is InChI=1S/C15H22N2O2/c1-2-17-15(18)12-7-8-14(13(16)9-12)19-10-11-5-3-4-6-11/h7-9,11H,2-6,10,16H2,1H3,(H,17,18). The number of hydrogen-bond acceptors (Lipinski definition) is 3. The summed E-state index contributed by atoms with van der Waals surface area (Å²) >= 11 is 0. The van der Waals surface area contributed by atoms with Crippen LogP contribution in [0.2, 0.25) is 0 Å². The molecule has 4 heteroatoms. The van der Waals surface area contributed by atoms with Crippen molar-refractivity contribution >= 4 is 11.6 Å². The van der Waals surface area contributed by atoms with E-state index in [2.05, 4.69) is 5.32 Å². The molecule has 19 heavy (non-hydrogen) atoms. The molecule has 1 aliphatic rings. The van der Waals surface area contributed by atoms with Crippen LogP contribution in [0, 0.1) is 5.92 Å². The summed E-state index contributed by atoms with van der Waals surface area (Å²) in [7, 11) is 0. The molecule has 0 heterocycles. The number of anilines is 1. The second-order valence-corrected chi connectivity index (χ2v) is 5.07. The average molecular weight is 262 g/mol. The number of nitrogens with one attached hydrogen (secondary N) is 1. The van der Waals surface area contributed by atoms with E-state index >= 15 is 0 Å². The maximum Gasteiger partial charge on any atom is 0.251 e. The van der Waals surface area contributed by atoms with Gasteiger partial charge in [0, 0.05) is 12.1 Å². The molecule has 1 aliphatic carbocycles. The second kappa shape index (κ2) is 6.45. The maximum atomic E-state index is 11.7. The van der Waals surface area contributed by atoms with Gasteiger partial charge in [-0.25, -0.2) is 0 Å². The van der Waals surface area contributed by atoms with Crippen molar-refractivity contribution in [3.05, 3.63) is 23.8 Å². The zero-order valence-electron chi connectivity index (χ0n) is 11.4. The fourth-order valence-corrected chi connectivity index (χ4v) is 2.47. The summed E-state index contributed by atoms with van der Waals surface area (Å²) in [6.45, 7) is 3.23. The SMILES string of the molecule is CCNC(=O)c1ccc(OCC2CCCC2)c(N)c1. The minimum absolute atomic E-state index is 0.100. The van der Waals surface area contributed by atoms with Crippen LogP contribution in [0.4, 0.5) is 5.69 Å². The van der Waals surface area contributed by atoms with Gasteiger partial charge in [0.15, 0.2) is 0 Å². The van der Waals surface area contributed by atoms with E-state index in [0.29, 0.717) is 29.5 Å². The monoisotopic (exact) mass is 262 g/mol. The molecular formula is C15H22N2O2. The first-order valence-electron chi connectivity index (χ1n) is 7.01. The van der Waals surface area contributed by atoms with Crippen molar-refractivity contribution in [3.8, 4) is 5.75 Å². The summed E-state index contributed by atoms with van der Waals surface area (Å²) in [6, 6.07) is 5.22. The zero-order valence-corrected chi connectivity index (χ0v) is 11.4. The maximum absolute atomic E-state index is 11.7. The van der Waals surface area contributed by atoms with Crippen LogP contribution in [0.3, 0.4) is 0 Å². The molecule has 4 nitrogen and oxygen atoms in total. The number of hydrogen-bond donors (Lipinski definition) is 2. The highest BCUT2D eigenvalue weighted by Crippen LogP contribution is 2.28. The number of carbonyl (C=O) groups is 1. The van der Waals surface area contributed by atoms with E-state index in [-0.39, 0.29) is 5.91 Å². The van der Waals surface area contributed by atoms with Crippen LogP contribution < -0.4 is 15.8 Å². The lowest BCUT2D eigenvalue weighted by molar-refractivity contribution is 0.0956. The highest BCUT2D eigenvalue weighted by atomic mass is 16.5. The van der Waals surface area contributed by atoms with Crippen LogP contribution in [0.15, 0.2) is 18.2 Å². The normalized spacial score (nSPS) is 15.4. The first kappa shape index (κ1) is 13.7. The molecule has 0 bridgehead atoms. The van der Waals surface area contributed by atoms with Crippen LogP contribution in [0.1, 0.15) is 43.0 Å². The number of amides is 1. The van der Waals surface area contributed by atoms with Gasteiger partial charge in [-0.15, -0.1) is 0 Å². The van der Waals surface area contributed by atoms with E-state index in [1.165, 1.54) is 25.7 Å². The predicted molar refractivity (Wildman–Crippen MR) is 76.3 cm³/mol. The van der Waals surface area contributed by atoms with Crippen molar-refractivity contribution in [1.82, 2.24) is 5.32 Å². The topological polar surface area (TPSA) is 64.3 Å². The highest BCUT2D eigenvalue weighted by Gasteiger charge is 2.16. The Balaban J connectivity index is 1.96. The largest absolute Gasteiger partial charge is 0.491 e. The van der Waals surface area contributed by atoms with Crippen molar-refractivity contribution in [2.45, 2.75) is 32.6 Å². The predicted octanol–water partition coefficient (Wildman–Crippen LogP) is 2.59.